The van der Waals surface area contributed by atoms with E-state index in [1.165, 1.54) is 0 Å². The van der Waals surface area contributed by atoms with Crippen LogP contribution in [0.5, 0.6) is 5.75 Å². The van der Waals surface area contributed by atoms with E-state index in [0.29, 0.717) is 50.6 Å². The van der Waals surface area contributed by atoms with Gasteiger partial charge in [0.2, 0.25) is 5.91 Å². The average molecular weight is 436 g/mol. The Morgan fingerprint density at radius 3 is 2.53 bits per heavy atom. The highest BCUT2D eigenvalue weighted by Gasteiger charge is 2.30. The van der Waals surface area contributed by atoms with Crippen molar-refractivity contribution in [2.45, 2.75) is 26.2 Å². The Hall–Kier alpha value is -3.35. The van der Waals surface area contributed by atoms with Gasteiger partial charge in [0, 0.05) is 44.4 Å². The first-order chi connectivity index (χ1) is 15.5. The Kier molecular flexibility index (Phi) is 6.44. The number of carbonyl (C=O) groups excluding carboxylic acids is 2. The Balaban J connectivity index is 1.45. The van der Waals surface area contributed by atoms with Crippen molar-refractivity contribution in [3.05, 3.63) is 58.8 Å². The lowest BCUT2D eigenvalue weighted by atomic mass is 9.98. The van der Waals surface area contributed by atoms with Gasteiger partial charge in [-0.15, -0.1) is 0 Å². The van der Waals surface area contributed by atoms with E-state index in [0.717, 1.165) is 22.6 Å². The number of aromatic nitrogens is 1. The van der Waals surface area contributed by atoms with Gasteiger partial charge in [0.15, 0.2) is 0 Å². The second-order valence-corrected chi connectivity index (χ2v) is 8.36. The first kappa shape index (κ1) is 21.9. The first-order valence-electron chi connectivity index (χ1n) is 11.0. The topological polar surface area (TPSA) is 72.0 Å². The third kappa shape index (κ3) is 4.61. The average Bonchev–Trinajstić information content (AvgIpc) is 2.82. The molecule has 2 aliphatic heterocycles. The summed E-state index contributed by atoms with van der Waals surface area (Å²) in [6.07, 6.45) is 4.13. The van der Waals surface area contributed by atoms with Gasteiger partial charge in [-0.2, -0.15) is 0 Å². The Bertz CT molecular complexity index is 1020. The summed E-state index contributed by atoms with van der Waals surface area (Å²) in [5.41, 5.74) is 3.52. The van der Waals surface area contributed by atoms with Crippen molar-refractivity contribution in [2.24, 2.45) is 0 Å². The van der Waals surface area contributed by atoms with Crippen molar-refractivity contribution >= 4 is 23.8 Å². The number of methoxy groups -OCH3 is 1. The highest BCUT2D eigenvalue weighted by Crippen LogP contribution is 2.30. The zero-order valence-corrected chi connectivity index (χ0v) is 18.8. The van der Waals surface area contributed by atoms with Crippen molar-refractivity contribution in [3.8, 4) is 5.75 Å². The molecular weight excluding hydrogens is 406 g/mol. The summed E-state index contributed by atoms with van der Waals surface area (Å²) in [7, 11) is 1.63. The monoisotopic (exact) mass is 435 g/mol. The molecule has 2 aromatic rings. The lowest BCUT2D eigenvalue weighted by molar-refractivity contribution is -0.126. The maximum atomic E-state index is 12.7. The lowest BCUT2D eigenvalue weighted by Gasteiger charge is -2.36. The maximum Gasteiger partial charge on any atom is 0.342 e. The molecule has 7 nitrogen and oxygen atoms in total. The highest BCUT2D eigenvalue weighted by atomic mass is 16.5. The minimum atomic E-state index is -0.301. The third-order valence-corrected chi connectivity index (χ3v) is 5.93. The normalized spacial score (nSPS) is 16.3. The molecule has 2 aliphatic rings. The fourth-order valence-electron chi connectivity index (χ4n) is 4.00. The van der Waals surface area contributed by atoms with Gasteiger partial charge in [-0.1, -0.05) is 26.0 Å². The quantitative estimate of drug-likeness (QED) is 0.530. The van der Waals surface area contributed by atoms with Gasteiger partial charge in [0.05, 0.1) is 13.7 Å². The molecule has 0 N–H and O–H groups in total. The number of carbonyl (C=O) groups is 2. The summed E-state index contributed by atoms with van der Waals surface area (Å²) in [5, 5.41) is 0. The molecule has 1 aromatic carbocycles. The predicted octanol–water partition coefficient (Wildman–Crippen LogP) is 3.29. The van der Waals surface area contributed by atoms with E-state index in [-0.39, 0.29) is 17.8 Å². The maximum absolute atomic E-state index is 12.7. The number of esters is 1. The van der Waals surface area contributed by atoms with Crippen LogP contribution in [0.3, 0.4) is 0 Å². The number of fused-ring (bicyclic) bond motifs is 1. The van der Waals surface area contributed by atoms with Crippen molar-refractivity contribution in [3.63, 3.8) is 0 Å². The van der Waals surface area contributed by atoms with Crippen molar-refractivity contribution in [2.75, 3.05) is 44.8 Å². The van der Waals surface area contributed by atoms with Gasteiger partial charge in [-0.3, -0.25) is 4.79 Å². The molecule has 0 bridgehead atoms. The number of anilines is 1. The molecule has 0 saturated carbocycles. The fourth-order valence-corrected chi connectivity index (χ4v) is 4.00. The molecule has 32 heavy (non-hydrogen) atoms. The molecule has 1 amide bonds. The van der Waals surface area contributed by atoms with Crippen molar-refractivity contribution in [1.82, 2.24) is 9.88 Å². The number of nitrogens with zero attached hydrogens (tertiary/aromatic N) is 3. The summed E-state index contributed by atoms with van der Waals surface area (Å²) in [4.78, 5) is 33.9. The van der Waals surface area contributed by atoms with E-state index in [9.17, 15) is 9.59 Å². The number of hydrogen-bond donors (Lipinski definition) is 0. The molecule has 0 atom stereocenters. The molecule has 3 heterocycles. The number of rotatable bonds is 5. The van der Waals surface area contributed by atoms with Crippen LogP contribution in [-0.4, -0.2) is 61.7 Å². The van der Waals surface area contributed by atoms with Crippen LogP contribution in [0.15, 0.2) is 36.4 Å². The molecule has 7 heteroatoms. The van der Waals surface area contributed by atoms with Gasteiger partial charge in [-0.25, -0.2) is 9.78 Å². The van der Waals surface area contributed by atoms with Gasteiger partial charge in [0.25, 0.3) is 0 Å². The molecule has 1 fully saturated rings. The predicted molar refractivity (Wildman–Crippen MR) is 123 cm³/mol. The number of ether oxygens (including phenoxy) is 2. The summed E-state index contributed by atoms with van der Waals surface area (Å²) >= 11 is 0. The minimum Gasteiger partial charge on any atom is -0.497 e. The van der Waals surface area contributed by atoms with E-state index < -0.39 is 0 Å². The number of cyclic esters (lactones) is 1. The number of piperazine rings is 1. The summed E-state index contributed by atoms with van der Waals surface area (Å²) in [5.74, 6) is 1.42. The fraction of sp³-hybridized carbons (Fsp3) is 0.400. The molecular formula is C25H29N3O4. The number of amides is 1. The van der Waals surface area contributed by atoms with Crippen LogP contribution >= 0.6 is 0 Å². The number of hydrogen-bond acceptors (Lipinski definition) is 6. The van der Waals surface area contributed by atoms with Crippen LogP contribution in [0, 0.1) is 0 Å². The smallest absolute Gasteiger partial charge is 0.342 e. The summed E-state index contributed by atoms with van der Waals surface area (Å²) in [6.45, 7) is 7.01. The van der Waals surface area contributed by atoms with Crippen LogP contribution in [0.25, 0.3) is 6.08 Å². The second kappa shape index (κ2) is 9.42. The minimum absolute atomic E-state index is 0.0224. The van der Waals surface area contributed by atoms with Gasteiger partial charge >= 0.3 is 5.97 Å². The van der Waals surface area contributed by atoms with Gasteiger partial charge < -0.3 is 19.3 Å². The molecule has 1 saturated heterocycles. The Labute approximate surface area is 188 Å². The van der Waals surface area contributed by atoms with Crippen LogP contribution in [0.4, 0.5) is 5.82 Å². The van der Waals surface area contributed by atoms with E-state index in [1.807, 2.05) is 41.3 Å². The van der Waals surface area contributed by atoms with Gasteiger partial charge in [0.1, 0.15) is 17.1 Å². The highest BCUT2D eigenvalue weighted by molar-refractivity contribution is 5.97. The standard InChI is InChI=1S/C25H29N3O4/c1-17(2)21-16-19-10-15-32-25(30)23(19)24(26-21)28-13-11-27(12-14-28)22(29)9-6-18-4-7-20(31-3)8-5-18/h4-9,16-17H,10-15H2,1-3H3. The van der Waals surface area contributed by atoms with Gasteiger partial charge in [-0.05, 0) is 41.3 Å². The third-order valence-electron chi connectivity index (χ3n) is 5.93. The lowest BCUT2D eigenvalue weighted by Crippen LogP contribution is -2.49. The molecule has 4 rings (SSSR count). The molecule has 0 aliphatic carbocycles. The Morgan fingerprint density at radius 2 is 1.88 bits per heavy atom. The molecule has 0 spiro atoms. The summed E-state index contributed by atoms with van der Waals surface area (Å²) in [6, 6.07) is 9.60. The number of pyridine rings is 1. The summed E-state index contributed by atoms with van der Waals surface area (Å²) < 4.78 is 10.5. The van der Waals surface area contributed by atoms with Crippen LogP contribution in [0.1, 0.15) is 46.9 Å². The van der Waals surface area contributed by atoms with Crippen LogP contribution in [0.2, 0.25) is 0 Å². The largest absolute Gasteiger partial charge is 0.497 e. The SMILES string of the molecule is COc1ccc(C=CC(=O)N2CCN(c3nc(C(C)C)cc4c3C(=O)OCC4)CC2)cc1. The van der Waals surface area contributed by atoms with E-state index in [4.69, 9.17) is 14.5 Å². The second-order valence-electron chi connectivity index (χ2n) is 8.36. The van der Waals surface area contributed by atoms with E-state index in [2.05, 4.69) is 18.7 Å². The van der Waals surface area contributed by atoms with E-state index >= 15 is 0 Å². The van der Waals surface area contributed by atoms with Crippen LogP contribution in [-0.2, 0) is 16.0 Å². The zero-order valence-electron chi connectivity index (χ0n) is 18.8. The molecule has 1 aromatic heterocycles. The first-order valence-corrected chi connectivity index (χ1v) is 11.0. The van der Waals surface area contributed by atoms with Crippen molar-refractivity contribution in [1.29, 1.82) is 0 Å². The van der Waals surface area contributed by atoms with Crippen molar-refractivity contribution < 1.29 is 19.1 Å². The molecule has 168 valence electrons. The van der Waals surface area contributed by atoms with Crippen LogP contribution < -0.4 is 9.64 Å². The molecule has 0 unspecified atom stereocenters. The molecule has 0 radical (unpaired) electrons. The van der Waals surface area contributed by atoms with E-state index in [1.54, 1.807) is 13.2 Å². The Morgan fingerprint density at radius 1 is 1.16 bits per heavy atom. The number of benzene rings is 1. The zero-order chi connectivity index (χ0) is 22.7.